The molecule has 1 saturated heterocycles. The zero-order valence-corrected chi connectivity index (χ0v) is 24.8. The number of ether oxygens (including phenoxy) is 3. The maximum absolute atomic E-state index is 13.7. The number of hydrogen-bond acceptors (Lipinski definition) is 8. The second-order valence-electron chi connectivity index (χ2n) is 9.81. The highest BCUT2D eigenvalue weighted by Crippen LogP contribution is 2.45. The molecule has 1 unspecified atom stereocenters. The molecule has 2 heterocycles. The summed E-state index contributed by atoms with van der Waals surface area (Å²) < 4.78 is 18.0. The fourth-order valence-electron chi connectivity index (χ4n) is 4.95. The van der Waals surface area contributed by atoms with Gasteiger partial charge in [-0.15, -0.1) is 0 Å². The van der Waals surface area contributed by atoms with E-state index in [-0.39, 0.29) is 11.3 Å². The van der Waals surface area contributed by atoms with Crippen LogP contribution in [0.2, 0.25) is 0 Å². The topological polar surface area (TPSA) is 98.2 Å². The second-order valence-corrected chi connectivity index (χ2v) is 10.8. The molecule has 218 valence electrons. The molecule has 1 aliphatic rings. The molecule has 0 bridgehead atoms. The van der Waals surface area contributed by atoms with Gasteiger partial charge >= 0.3 is 5.91 Å². The lowest BCUT2D eigenvalue weighted by atomic mass is 9.95. The Morgan fingerprint density at radius 1 is 0.881 bits per heavy atom. The number of aliphatic hydroxyl groups is 1. The first kappa shape index (κ1) is 29.1. The number of aliphatic hydroxyl groups excluding tert-OH is 1. The molecule has 1 aromatic heterocycles. The number of amides is 1. The first-order valence-electron chi connectivity index (χ1n) is 14.3. The summed E-state index contributed by atoms with van der Waals surface area (Å²) in [6.45, 7) is 7.51. The van der Waals surface area contributed by atoms with Crippen molar-refractivity contribution in [3.05, 3.63) is 83.4 Å². The Bertz CT molecular complexity index is 1610. The lowest BCUT2D eigenvalue weighted by Crippen LogP contribution is -2.29. The number of carbonyl (C=O) groups is 2. The van der Waals surface area contributed by atoms with Crippen molar-refractivity contribution >= 4 is 44.1 Å². The van der Waals surface area contributed by atoms with Gasteiger partial charge in [-0.1, -0.05) is 43.2 Å². The van der Waals surface area contributed by atoms with Crippen molar-refractivity contribution in [2.24, 2.45) is 0 Å². The van der Waals surface area contributed by atoms with Crippen LogP contribution in [0.3, 0.4) is 0 Å². The number of ketones is 1. The zero-order valence-electron chi connectivity index (χ0n) is 24.0. The molecule has 8 nitrogen and oxygen atoms in total. The fourth-order valence-corrected chi connectivity index (χ4v) is 5.97. The van der Waals surface area contributed by atoms with Crippen molar-refractivity contribution in [1.82, 2.24) is 4.98 Å². The molecule has 5 rings (SSSR count). The maximum atomic E-state index is 13.7. The predicted molar refractivity (Wildman–Crippen MR) is 165 cm³/mol. The highest BCUT2D eigenvalue weighted by atomic mass is 32.1. The van der Waals surface area contributed by atoms with E-state index in [0.717, 1.165) is 24.0 Å². The smallest absolute Gasteiger partial charge is 0.301 e. The van der Waals surface area contributed by atoms with Crippen LogP contribution in [0.5, 0.6) is 17.2 Å². The summed E-state index contributed by atoms with van der Waals surface area (Å²) >= 11 is 1.29. The first-order valence-corrected chi connectivity index (χ1v) is 15.1. The number of unbranched alkanes of at least 4 members (excludes halogenated alkanes) is 2. The summed E-state index contributed by atoms with van der Waals surface area (Å²) in [5.41, 5.74) is 1.70. The van der Waals surface area contributed by atoms with Crippen LogP contribution >= 0.6 is 11.3 Å². The van der Waals surface area contributed by atoms with Crippen LogP contribution in [0.1, 0.15) is 57.2 Å². The standard InChI is InChI=1S/C33H34N2O6S/c1-4-7-8-18-41-24-11-9-10-22(19-24)29-28(30(36)21-12-14-23(15-13-21)39-5-2)31(37)32(38)35(29)33-34-26-17-16-25(40-6-3)20-27(26)42-33/h9-17,19-20,29,36H,4-8,18H2,1-3H3. The molecule has 1 fully saturated rings. The molecule has 0 spiro atoms. The Morgan fingerprint density at radius 2 is 1.60 bits per heavy atom. The third-order valence-electron chi connectivity index (χ3n) is 6.94. The van der Waals surface area contributed by atoms with Gasteiger partial charge in [-0.05, 0) is 80.4 Å². The molecule has 9 heteroatoms. The van der Waals surface area contributed by atoms with Crippen LogP contribution in [0.4, 0.5) is 5.13 Å². The molecule has 4 aromatic rings. The molecule has 1 N–H and O–H groups in total. The van der Waals surface area contributed by atoms with Crippen molar-refractivity contribution in [2.75, 3.05) is 24.7 Å². The van der Waals surface area contributed by atoms with Crippen molar-refractivity contribution in [3.63, 3.8) is 0 Å². The van der Waals surface area contributed by atoms with Crippen LogP contribution < -0.4 is 19.1 Å². The second kappa shape index (κ2) is 13.1. The molecule has 1 aliphatic heterocycles. The Labute approximate surface area is 249 Å². The number of benzene rings is 3. The third-order valence-corrected chi connectivity index (χ3v) is 7.96. The van der Waals surface area contributed by atoms with Gasteiger partial charge in [-0.3, -0.25) is 14.5 Å². The van der Waals surface area contributed by atoms with E-state index in [1.807, 2.05) is 56.3 Å². The van der Waals surface area contributed by atoms with Gasteiger partial charge in [0, 0.05) is 5.56 Å². The van der Waals surface area contributed by atoms with Crippen LogP contribution in [-0.4, -0.2) is 41.6 Å². The van der Waals surface area contributed by atoms with Crippen molar-refractivity contribution in [3.8, 4) is 17.2 Å². The van der Waals surface area contributed by atoms with Crippen molar-refractivity contribution in [1.29, 1.82) is 0 Å². The predicted octanol–water partition coefficient (Wildman–Crippen LogP) is 7.29. The largest absolute Gasteiger partial charge is 0.507 e. The lowest BCUT2D eigenvalue weighted by Gasteiger charge is -2.23. The number of thiazole rings is 1. The molecule has 1 amide bonds. The normalized spacial score (nSPS) is 16.3. The van der Waals surface area contributed by atoms with E-state index in [2.05, 4.69) is 6.92 Å². The summed E-state index contributed by atoms with van der Waals surface area (Å²) in [4.78, 5) is 33.4. The summed E-state index contributed by atoms with van der Waals surface area (Å²) in [5, 5.41) is 11.9. The number of anilines is 1. The molecule has 0 aliphatic carbocycles. The van der Waals surface area contributed by atoms with E-state index in [9.17, 15) is 14.7 Å². The van der Waals surface area contributed by atoms with Crippen LogP contribution in [0, 0.1) is 0 Å². The van der Waals surface area contributed by atoms with E-state index in [0.29, 0.717) is 58.8 Å². The molecule has 3 aromatic carbocycles. The van der Waals surface area contributed by atoms with Gasteiger partial charge in [0.05, 0.1) is 41.7 Å². The third kappa shape index (κ3) is 5.97. The molecule has 1 atom stereocenters. The minimum absolute atomic E-state index is 0.0124. The van der Waals surface area contributed by atoms with Crippen LogP contribution in [0.15, 0.2) is 72.3 Å². The Hall–Kier alpha value is -4.37. The Kier molecular flexibility index (Phi) is 9.07. The summed E-state index contributed by atoms with van der Waals surface area (Å²) in [7, 11) is 0. The van der Waals surface area contributed by atoms with Crippen molar-refractivity contribution < 1.29 is 28.9 Å². The summed E-state index contributed by atoms with van der Waals surface area (Å²) in [6.07, 6.45) is 3.06. The number of aromatic nitrogens is 1. The average molecular weight is 587 g/mol. The molecular weight excluding hydrogens is 552 g/mol. The van der Waals surface area contributed by atoms with Gasteiger partial charge in [-0.2, -0.15) is 0 Å². The van der Waals surface area contributed by atoms with Gasteiger partial charge < -0.3 is 19.3 Å². The zero-order chi connectivity index (χ0) is 29.6. The van der Waals surface area contributed by atoms with Gasteiger partial charge in [-0.25, -0.2) is 4.98 Å². The maximum Gasteiger partial charge on any atom is 0.301 e. The SMILES string of the molecule is CCCCCOc1cccc(C2C(=C(O)c3ccc(OCC)cc3)C(=O)C(=O)N2c2nc3ccc(OCC)cc3s2)c1. The summed E-state index contributed by atoms with van der Waals surface area (Å²) in [5.74, 6) is 0.154. The molecule has 0 saturated carbocycles. The quantitative estimate of drug-likeness (QED) is 0.0806. The minimum Gasteiger partial charge on any atom is -0.507 e. The lowest BCUT2D eigenvalue weighted by molar-refractivity contribution is -0.132. The fraction of sp³-hybridized carbons (Fsp3) is 0.303. The highest BCUT2D eigenvalue weighted by Gasteiger charge is 2.48. The Morgan fingerprint density at radius 3 is 2.33 bits per heavy atom. The molecule has 42 heavy (non-hydrogen) atoms. The number of hydrogen-bond donors (Lipinski definition) is 1. The average Bonchev–Trinajstić information content (AvgIpc) is 3.53. The van der Waals surface area contributed by atoms with E-state index in [1.165, 1.54) is 16.2 Å². The van der Waals surface area contributed by atoms with Gasteiger partial charge in [0.15, 0.2) is 5.13 Å². The molecular formula is C33H34N2O6S. The van der Waals surface area contributed by atoms with Crippen LogP contribution in [0.25, 0.3) is 16.0 Å². The highest BCUT2D eigenvalue weighted by molar-refractivity contribution is 7.22. The van der Waals surface area contributed by atoms with Crippen LogP contribution in [-0.2, 0) is 9.59 Å². The minimum atomic E-state index is -0.914. The van der Waals surface area contributed by atoms with E-state index in [4.69, 9.17) is 19.2 Å². The Balaban J connectivity index is 1.61. The number of rotatable bonds is 12. The number of nitrogens with zero attached hydrogens (tertiary/aromatic N) is 2. The van der Waals surface area contributed by atoms with Crippen molar-refractivity contribution in [2.45, 2.75) is 46.1 Å². The monoisotopic (exact) mass is 586 g/mol. The summed E-state index contributed by atoms with van der Waals surface area (Å²) in [6, 6.07) is 18.7. The van der Waals surface area contributed by atoms with Gasteiger partial charge in [0.25, 0.3) is 5.78 Å². The van der Waals surface area contributed by atoms with Gasteiger partial charge in [0.2, 0.25) is 0 Å². The molecule has 0 radical (unpaired) electrons. The number of fused-ring (bicyclic) bond motifs is 1. The number of Topliss-reactive ketones (excluding diaryl/α,β-unsaturated/α-hetero) is 1. The van der Waals surface area contributed by atoms with Gasteiger partial charge in [0.1, 0.15) is 23.0 Å². The van der Waals surface area contributed by atoms with E-state index in [1.54, 1.807) is 24.3 Å². The first-order chi connectivity index (χ1) is 20.4. The van der Waals surface area contributed by atoms with E-state index < -0.39 is 17.7 Å². The van der Waals surface area contributed by atoms with E-state index >= 15 is 0 Å². The number of carbonyl (C=O) groups excluding carboxylic acids is 2.